The van der Waals surface area contributed by atoms with Crippen molar-refractivity contribution in [1.29, 1.82) is 0 Å². The lowest BCUT2D eigenvalue weighted by molar-refractivity contribution is -0.139. The maximum atomic E-state index is 11.7. The number of carboxylic acids is 1. The molecule has 0 saturated heterocycles. The van der Waals surface area contributed by atoms with Gasteiger partial charge in [0.2, 0.25) is 0 Å². The maximum Gasteiger partial charge on any atom is 0.333 e. The first-order chi connectivity index (χ1) is 9.84. The third kappa shape index (κ3) is 10.8. The van der Waals surface area contributed by atoms with Crippen LogP contribution in [-0.4, -0.2) is 49.2 Å². The third-order valence-electron chi connectivity index (χ3n) is 2.97. The topological polar surface area (TPSA) is 66.8 Å². The van der Waals surface area contributed by atoms with Crippen molar-refractivity contribution < 1.29 is 19.4 Å². The lowest BCUT2D eigenvalue weighted by atomic mass is 10.2. The van der Waals surface area contributed by atoms with E-state index in [2.05, 4.69) is 4.90 Å². The van der Waals surface area contributed by atoms with E-state index in [9.17, 15) is 9.59 Å². The number of carbonyl (C=O) groups is 2. The van der Waals surface area contributed by atoms with Crippen LogP contribution in [0.4, 0.5) is 0 Å². The quantitative estimate of drug-likeness (QED) is 0.381. The Balaban J connectivity index is 3.79. The van der Waals surface area contributed by atoms with Crippen LogP contribution in [0.3, 0.4) is 0 Å². The predicted molar refractivity (Wildman–Crippen MR) is 83.1 cm³/mol. The minimum absolute atomic E-state index is 0.272. The number of carbonyl (C=O) groups excluding carboxylic acids is 1. The van der Waals surface area contributed by atoms with E-state index in [1.165, 1.54) is 0 Å². The van der Waals surface area contributed by atoms with Crippen LogP contribution in [0.2, 0.25) is 0 Å². The van der Waals surface area contributed by atoms with Gasteiger partial charge in [0.05, 0.1) is 6.61 Å². The lowest BCUT2D eigenvalue weighted by Gasteiger charge is -2.07. The summed E-state index contributed by atoms with van der Waals surface area (Å²) in [6, 6.07) is 0. The molecule has 120 valence electrons. The highest BCUT2D eigenvalue weighted by atomic mass is 16.5. The second-order valence-electron chi connectivity index (χ2n) is 5.30. The smallest absolute Gasteiger partial charge is 0.333 e. The van der Waals surface area contributed by atoms with Gasteiger partial charge in [-0.1, -0.05) is 12.2 Å². The first-order valence-electron chi connectivity index (χ1n) is 7.23. The summed E-state index contributed by atoms with van der Waals surface area (Å²) in [4.78, 5) is 24.3. The van der Waals surface area contributed by atoms with Crippen molar-refractivity contribution in [2.24, 2.45) is 0 Å². The number of esters is 1. The molecule has 21 heavy (non-hydrogen) atoms. The minimum Gasteiger partial charge on any atom is -0.478 e. The summed E-state index contributed by atoms with van der Waals surface area (Å²) in [7, 11) is 3.98. The molecule has 0 aromatic rings. The predicted octanol–water partition coefficient (Wildman–Crippen LogP) is 2.63. The van der Waals surface area contributed by atoms with Crippen molar-refractivity contribution in [3.05, 3.63) is 23.3 Å². The number of ether oxygens (including phenoxy) is 1. The van der Waals surface area contributed by atoms with E-state index in [0.29, 0.717) is 24.2 Å². The van der Waals surface area contributed by atoms with Crippen molar-refractivity contribution in [2.75, 3.05) is 27.2 Å². The monoisotopic (exact) mass is 297 g/mol. The number of aliphatic carboxylic acids is 1. The van der Waals surface area contributed by atoms with Gasteiger partial charge in [-0.2, -0.15) is 0 Å². The molecule has 0 heterocycles. The van der Waals surface area contributed by atoms with Gasteiger partial charge in [0, 0.05) is 17.7 Å². The molecule has 0 aromatic carbocycles. The SMILES string of the molecule is CC(=CCCCCOC(=O)C(C)=CCCN(C)C)C(=O)O. The maximum absolute atomic E-state index is 11.7. The van der Waals surface area contributed by atoms with Crippen LogP contribution in [-0.2, 0) is 14.3 Å². The number of allylic oxidation sites excluding steroid dienone is 1. The second kappa shape index (κ2) is 11.1. The summed E-state index contributed by atoms with van der Waals surface area (Å²) in [5, 5.41) is 8.68. The average Bonchev–Trinajstić information content (AvgIpc) is 2.41. The molecule has 0 radical (unpaired) electrons. The Hall–Kier alpha value is -1.62. The van der Waals surface area contributed by atoms with Crippen LogP contribution in [0.15, 0.2) is 23.3 Å². The molecule has 0 fully saturated rings. The number of hydrogen-bond acceptors (Lipinski definition) is 4. The van der Waals surface area contributed by atoms with E-state index >= 15 is 0 Å². The summed E-state index contributed by atoms with van der Waals surface area (Å²) in [5.74, 6) is -1.16. The fraction of sp³-hybridized carbons (Fsp3) is 0.625. The standard InChI is InChI=1S/C16H27NO4/c1-13(15(18)19)9-6-5-7-12-21-16(20)14(2)10-8-11-17(3)4/h9-10H,5-8,11-12H2,1-4H3,(H,18,19). The fourth-order valence-corrected chi connectivity index (χ4v) is 1.55. The van der Waals surface area contributed by atoms with Crippen LogP contribution >= 0.6 is 0 Å². The van der Waals surface area contributed by atoms with Gasteiger partial charge >= 0.3 is 11.9 Å². The Morgan fingerprint density at radius 3 is 2.24 bits per heavy atom. The van der Waals surface area contributed by atoms with E-state index in [1.54, 1.807) is 19.9 Å². The molecule has 0 atom stereocenters. The fourth-order valence-electron chi connectivity index (χ4n) is 1.55. The molecule has 0 amide bonds. The summed E-state index contributed by atoms with van der Waals surface area (Å²) >= 11 is 0. The number of unbranched alkanes of at least 4 members (excludes halogenated alkanes) is 2. The molecule has 0 aliphatic carbocycles. The van der Waals surface area contributed by atoms with Crippen LogP contribution in [0.5, 0.6) is 0 Å². The van der Waals surface area contributed by atoms with Crippen LogP contribution < -0.4 is 0 Å². The Bertz CT molecular complexity index is 397. The van der Waals surface area contributed by atoms with Crippen molar-refractivity contribution in [1.82, 2.24) is 4.90 Å². The molecule has 0 bridgehead atoms. The van der Waals surface area contributed by atoms with Crippen molar-refractivity contribution in [2.45, 2.75) is 39.5 Å². The highest BCUT2D eigenvalue weighted by molar-refractivity contribution is 5.87. The van der Waals surface area contributed by atoms with Gasteiger partial charge in [0.15, 0.2) is 0 Å². The first kappa shape index (κ1) is 19.4. The summed E-state index contributed by atoms with van der Waals surface area (Å²) in [5.41, 5.74) is 0.991. The molecule has 5 nitrogen and oxygen atoms in total. The molecular formula is C16H27NO4. The highest BCUT2D eigenvalue weighted by Crippen LogP contribution is 2.04. The molecule has 0 aliphatic rings. The van der Waals surface area contributed by atoms with Gasteiger partial charge in [0.1, 0.15) is 0 Å². The van der Waals surface area contributed by atoms with Gasteiger partial charge in [-0.3, -0.25) is 0 Å². The first-order valence-corrected chi connectivity index (χ1v) is 7.23. The number of hydrogen-bond donors (Lipinski definition) is 1. The molecule has 5 heteroatoms. The van der Waals surface area contributed by atoms with E-state index in [1.807, 2.05) is 20.2 Å². The Labute approximate surface area is 127 Å². The van der Waals surface area contributed by atoms with Crippen LogP contribution in [0, 0.1) is 0 Å². The zero-order valence-corrected chi connectivity index (χ0v) is 13.5. The van der Waals surface area contributed by atoms with E-state index in [-0.39, 0.29) is 5.97 Å². The molecule has 0 unspecified atom stereocenters. The van der Waals surface area contributed by atoms with Crippen LogP contribution in [0.25, 0.3) is 0 Å². The van der Waals surface area contributed by atoms with Gasteiger partial charge in [-0.15, -0.1) is 0 Å². The van der Waals surface area contributed by atoms with E-state index in [4.69, 9.17) is 9.84 Å². The molecule has 0 rings (SSSR count). The highest BCUT2D eigenvalue weighted by Gasteiger charge is 2.05. The molecular weight excluding hydrogens is 270 g/mol. The summed E-state index contributed by atoms with van der Waals surface area (Å²) in [6.45, 7) is 4.61. The summed E-state index contributed by atoms with van der Waals surface area (Å²) < 4.78 is 5.16. The Morgan fingerprint density at radius 2 is 1.67 bits per heavy atom. The zero-order chi connectivity index (χ0) is 16.3. The van der Waals surface area contributed by atoms with Crippen molar-refractivity contribution in [3.63, 3.8) is 0 Å². The second-order valence-corrected chi connectivity index (χ2v) is 5.30. The van der Waals surface area contributed by atoms with Crippen LogP contribution in [0.1, 0.15) is 39.5 Å². The number of carboxylic acid groups (broad SMARTS) is 1. The lowest BCUT2D eigenvalue weighted by Crippen LogP contribution is -2.13. The Kier molecular flexibility index (Phi) is 10.2. The molecule has 0 saturated carbocycles. The van der Waals surface area contributed by atoms with Crippen molar-refractivity contribution >= 4 is 11.9 Å². The molecule has 0 aromatic heterocycles. The normalized spacial score (nSPS) is 12.6. The van der Waals surface area contributed by atoms with Gasteiger partial charge in [-0.05, 0) is 53.6 Å². The van der Waals surface area contributed by atoms with E-state index < -0.39 is 5.97 Å². The minimum atomic E-state index is -0.889. The van der Waals surface area contributed by atoms with E-state index in [0.717, 1.165) is 25.8 Å². The van der Waals surface area contributed by atoms with Crippen molar-refractivity contribution in [3.8, 4) is 0 Å². The van der Waals surface area contributed by atoms with Gasteiger partial charge in [-0.25, -0.2) is 9.59 Å². The molecule has 0 aliphatic heterocycles. The number of rotatable bonds is 10. The zero-order valence-electron chi connectivity index (χ0n) is 13.5. The summed E-state index contributed by atoms with van der Waals surface area (Å²) in [6.07, 6.45) is 6.64. The average molecular weight is 297 g/mol. The third-order valence-corrected chi connectivity index (χ3v) is 2.97. The molecule has 1 N–H and O–H groups in total. The van der Waals surface area contributed by atoms with Gasteiger partial charge < -0.3 is 14.7 Å². The largest absolute Gasteiger partial charge is 0.478 e. The number of nitrogens with zero attached hydrogens (tertiary/aromatic N) is 1. The Morgan fingerprint density at radius 1 is 1.05 bits per heavy atom. The van der Waals surface area contributed by atoms with Gasteiger partial charge in [0.25, 0.3) is 0 Å². The molecule has 0 spiro atoms.